The molecule has 3 heterocycles. The minimum absolute atomic E-state index is 0.233. The van der Waals surface area contributed by atoms with Crippen LogP contribution < -0.4 is 10.2 Å². The third-order valence-corrected chi connectivity index (χ3v) is 3.85. The number of aromatic nitrogens is 2. The van der Waals surface area contributed by atoms with Crippen molar-refractivity contribution in [2.45, 2.75) is 12.5 Å². The van der Waals surface area contributed by atoms with Crippen LogP contribution in [0.15, 0.2) is 17.8 Å². The first-order valence-electron chi connectivity index (χ1n) is 5.51. The van der Waals surface area contributed by atoms with Crippen LogP contribution in [0, 0.1) is 0 Å². The zero-order valence-corrected chi connectivity index (χ0v) is 9.98. The molecule has 1 unspecified atom stereocenters. The number of nitrogens with zero attached hydrogens (tertiary/aromatic N) is 3. The van der Waals surface area contributed by atoms with Gasteiger partial charge in [-0.2, -0.15) is 0 Å². The van der Waals surface area contributed by atoms with Crippen LogP contribution in [-0.2, 0) is 4.79 Å². The second-order valence-corrected chi connectivity index (χ2v) is 4.95. The topological polar surface area (TPSA) is 58.1 Å². The van der Waals surface area contributed by atoms with Crippen LogP contribution in [0.1, 0.15) is 6.42 Å². The molecule has 1 aliphatic heterocycles. The van der Waals surface area contributed by atoms with Gasteiger partial charge in [0.05, 0.1) is 5.39 Å². The van der Waals surface area contributed by atoms with E-state index in [0.29, 0.717) is 0 Å². The Balaban J connectivity index is 1.89. The Morgan fingerprint density at radius 3 is 3.35 bits per heavy atom. The van der Waals surface area contributed by atoms with Crippen molar-refractivity contribution in [1.29, 1.82) is 0 Å². The molecule has 2 aromatic rings. The molecule has 1 saturated heterocycles. The van der Waals surface area contributed by atoms with Gasteiger partial charge in [0.15, 0.2) is 0 Å². The number of carbonyl (C=O) groups excluding carboxylic acids is 1. The highest BCUT2D eigenvalue weighted by Crippen LogP contribution is 2.28. The molecule has 1 atom stereocenters. The largest absolute Gasteiger partial charge is 0.354 e. The van der Waals surface area contributed by atoms with Gasteiger partial charge in [0, 0.05) is 19.1 Å². The number of fused-ring (bicyclic) bond motifs is 1. The molecule has 17 heavy (non-hydrogen) atoms. The van der Waals surface area contributed by atoms with E-state index in [9.17, 15) is 4.79 Å². The normalized spacial score (nSPS) is 19.8. The predicted octanol–water partition coefficient (Wildman–Crippen LogP) is 1.02. The summed E-state index contributed by atoms with van der Waals surface area (Å²) in [6.45, 7) is 1.74. The number of hydrogen-bond acceptors (Lipinski definition) is 5. The van der Waals surface area contributed by atoms with E-state index in [-0.39, 0.29) is 6.04 Å². The van der Waals surface area contributed by atoms with Crippen LogP contribution in [-0.4, -0.2) is 35.5 Å². The second kappa shape index (κ2) is 4.29. The van der Waals surface area contributed by atoms with Crippen LogP contribution in [0.5, 0.6) is 0 Å². The van der Waals surface area contributed by atoms with Crippen molar-refractivity contribution in [3.63, 3.8) is 0 Å². The molecule has 2 aromatic heterocycles. The van der Waals surface area contributed by atoms with Crippen molar-refractivity contribution < 1.29 is 4.79 Å². The maximum atomic E-state index is 10.4. The number of nitrogens with one attached hydrogen (secondary N) is 1. The predicted molar refractivity (Wildman–Crippen MR) is 67.2 cm³/mol. The summed E-state index contributed by atoms with van der Waals surface area (Å²) >= 11 is 1.62. The van der Waals surface area contributed by atoms with E-state index in [1.165, 1.54) is 0 Å². The molecule has 1 aliphatic rings. The number of amides is 1. The first kappa shape index (κ1) is 10.5. The van der Waals surface area contributed by atoms with Crippen molar-refractivity contribution in [3.8, 4) is 0 Å². The molecular formula is C11H12N4OS. The third kappa shape index (κ3) is 1.84. The molecule has 5 nitrogen and oxygen atoms in total. The summed E-state index contributed by atoms with van der Waals surface area (Å²) in [5.74, 6) is 0.978. The molecule has 0 saturated carbocycles. The number of hydrogen-bond donors (Lipinski definition) is 1. The fourth-order valence-electron chi connectivity index (χ4n) is 2.21. The Labute approximate surface area is 102 Å². The van der Waals surface area contributed by atoms with Gasteiger partial charge < -0.3 is 10.2 Å². The summed E-state index contributed by atoms with van der Waals surface area (Å²) < 4.78 is 0. The first-order valence-corrected chi connectivity index (χ1v) is 6.39. The summed E-state index contributed by atoms with van der Waals surface area (Å²) in [6, 6.07) is 2.28. The quantitative estimate of drug-likeness (QED) is 0.824. The van der Waals surface area contributed by atoms with Gasteiger partial charge in [-0.15, -0.1) is 11.3 Å². The standard InChI is InChI=1S/C11H12N4OS/c16-7-14-8-1-3-15(5-8)10-9-2-4-17-11(9)13-6-12-10/h2,4,6-8H,1,3,5H2,(H,14,16). The van der Waals surface area contributed by atoms with Crippen LogP contribution in [0.4, 0.5) is 5.82 Å². The van der Waals surface area contributed by atoms with E-state index in [1.807, 2.05) is 5.38 Å². The lowest BCUT2D eigenvalue weighted by molar-refractivity contribution is -0.110. The number of carbonyl (C=O) groups is 1. The van der Waals surface area contributed by atoms with Gasteiger partial charge >= 0.3 is 0 Å². The Morgan fingerprint density at radius 1 is 1.53 bits per heavy atom. The lowest BCUT2D eigenvalue weighted by atomic mass is 10.3. The monoisotopic (exact) mass is 248 g/mol. The van der Waals surface area contributed by atoms with E-state index in [0.717, 1.165) is 42.0 Å². The SMILES string of the molecule is O=CNC1CCN(c2ncnc3sccc23)C1. The van der Waals surface area contributed by atoms with Gasteiger partial charge in [0.2, 0.25) is 6.41 Å². The Kier molecular flexibility index (Phi) is 2.64. The van der Waals surface area contributed by atoms with Gasteiger partial charge in [-0.1, -0.05) is 0 Å². The molecule has 0 spiro atoms. The molecule has 0 bridgehead atoms. The number of rotatable bonds is 3. The summed E-state index contributed by atoms with van der Waals surface area (Å²) in [5.41, 5.74) is 0. The second-order valence-electron chi connectivity index (χ2n) is 4.05. The molecule has 1 amide bonds. The molecule has 88 valence electrons. The van der Waals surface area contributed by atoms with E-state index >= 15 is 0 Å². The summed E-state index contributed by atoms with van der Waals surface area (Å²) in [7, 11) is 0. The van der Waals surface area contributed by atoms with E-state index in [1.54, 1.807) is 17.7 Å². The first-order chi connectivity index (χ1) is 8.38. The highest BCUT2D eigenvalue weighted by Gasteiger charge is 2.24. The Bertz CT molecular complexity index is 541. The summed E-state index contributed by atoms with van der Waals surface area (Å²) in [5, 5.41) is 5.95. The van der Waals surface area contributed by atoms with E-state index in [2.05, 4.69) is 26.3 Å². The van der Waals surface area contributed by atoms with Gasteiger partial charge in [-0.05, 0) is 17.9 Å². The Morgan fingerprint density at radius 2 is 2.47 bits per heavy atom. The highest BCUT2D eigenvalue weighted by molar-refractivity contribution is 7.16. The molecule has 0 radical (unpaired) electrons. The van der Waals surface area contributed by atoms with E-state index in [4.69, 9.17) is 0 Å². The van der Waals surface area contributed by atoms with Crippen molar-refractivity contribution in [2.24, 2.45) is 0 Å². The van der Waals surface area contributed by atoms with E-state index < -0.39 is 0 Å². The maximum absolute atomic E-state index is 10.4. The zero-order valence-electron chi connectivity index (χ0n) is 9.17. The van der Waals surface area contributed by atoms with Crippen molar-refractivity contribution in [3.05, 3.63) is 17.8 Å². The lowest BCUT2D eigenvalue weighted by Gasteiger charge is -2.17. The molecule has 6 heteroatoms. The smallest absolute Gasteiger partial charge is 0.207 e. The van der Waals surface area contributed by atoms with Gasteiger partial charge in [0.1, 0.15) is 17.0 Å². The van der Waals surface area contributed by atoms with Crippen molar-refractivity contribution >= 4 is 33.8 Å². The number of thiophene rings is 1. The third-order valence-electron chi connectivity index (χ3n) is 3.03. The van der Waals surface area contributed by atoms with Gasteiger partial charge in [-0.25, -0.2) is 9.97 Å². The number of anilines is 1. The average molecular weight is 248 g/mol. The average Bonchev–Trinajstić information content (AvgIpc) is 2.96. The summed E-state index contributed by atoms with van der Waals surface area (Å²) in [6.07, 6.45) is 3.34. The highest BCUT2D eigenvalue weighted by atomic mass is 32.1. The molecule has 3 rings (SSSR count). The fraction of sp³-hybridized carbons (Fsp3) is 0.364. The molecule has 0 aliphatic carbocycles. The van der Waals surface area contributed by atoms with Crippen LogP contribution in [0.2, 0.25) is 0 Å². The lowest BCUT2D eigenvalue weighted by Crippen LogP contribution is -2.31. The zero-order chi connectivity index (χ0) is 11.7. The van der Waals surface area contributed by atoms with Crippen molar-refractivity contribution in [2.75, 3.05) is 18.0 Å². The molecule has 0 aromatic carbocycles. The van der Waals surface area contributed by atoms with Crippen LogP contribution in [0.3, 0.4) is 0 Å². The fourth-order valence-corrected chi connectivity index (χ4v) is 2.94. The van der Waals surface area contributed by atoms with Crippen LogP contribution >= 0.6 is 11.3 Å². The van der Waals surface area contributed by atoms with Crippen molar-refractivity contribution in [1.82, 2.24) is 15.3 Å². The minimum atomic E-state index is 0.233. The molecular weight excluding hydrogens is 236 g/mol. The molecule has 1 fully saturated rings. The minimum Gasteiger partial charge on any atom is -0.354 e. The Hall–Kier alpha value is -1.69. The summed E-state index contributed by atoms with van der Waals surface area (Å²) in [4.78, 5) is 22.2. The maximum Gasteiger partial charge on any atom is 0.207 e. The van der Waals surface area contributed by atoms with Crippen LogP contribution in [0.25, 0.3) is 10.2 Å². The van der Waals surface area contributed by atoms with Gasteiger partial charge in [0.25, 0.3) is 0 Å². The van der Waals surface area contributed by atoms with Gasteiger partial charge in [-0.3, -0.25) is 4.79 Å². The molecule has 1 N–H and O–H groups in total.